The van der Waals surface area contributed by atoms with Crippen LogP contribution in [0.1, 0.15) is 32.6 Å². The summed E-state index contributed by atoms with van der Waals surface area (Å²) in [4.78, 5) is 2.27. The molecule has 0 spiro atoms. The summed E-state index contributed by atoms with van der Waals surface area (Å²) in [6.07, 6.45) is 7.32. The van der Waals surface area contributed by atoms with Crippen molar-refractivity contribution in [3.8, 4) is 0 Å². The third kappa shape index (κ3) is 2.78. The van der Waals surface area contributed by atoms with Crippen LogP contribution in [-0.2, 0) is 0 Å². The summed E-state index contributed by atoms with van der Waals surface area (Å²) in [5.41, 5.74) is 2.64. The second-order valence-electron chi connectivity index (χ2n) is 4.25. The number of anilines is 1. The average molecular weight is 216 g/mol. The van der Waals surface area contributed by atoms with Crippen LogP contribution in [0, 0.1) is 0 Å². The van der Waals surface area contributed by atoms with Gasteiger partial charge in [0.25, 0.3) is 0 Å². The first kappa shape index (κ1) is 11.1. The van der Waals surface area contributed by atoms with E-state index in [-0.39, 0.29) is 0 Å². The van der Waals surface area contributed by atoms with Gasteiger partial charge in [0.05, 0.1) is 6.67 Å². The molecule has 0 fully saturated rings. The first-order valence-electron chi connectivity index (χ1n) is 6.16. The predicted molar refractivity (Wildman–Crippen MR) is 69.1 cm³/mol. The molecular weight excluding hydrogens is 196 g/mol. The number of hydrogen-bond acceptors (Lipinski definition) is 2. The highest BCUT2D eigenvalue weighted by Crippen LogP contribution is 2.19. The van der Waals surface area contributed by atoms with Crippen LogP contribution in [0.15, 0.2) is 42.2 Å². The highest BCUT2D eigenvalue weighted by atomic mass is 15.3. The molecule has 0 bridgehead atoms. The van der Waals surface area contributed by atoms with E-state index in [9.17, 15) is 0 Å². The van der Waals surface area contributed by atoms with E-state index in [1.54, 1.807) is 0 Å². The third-order valence-electron chi connectivity index (χ3n) is 2.93. The molecule has 0 saturated carbocycles. The molecule has 0 aliphatic carbocycles. The third-order valence-corrected chi connectivity index (χ3v) is 2.93. The standard InChI is InChI=1S/C14H20N2/c1-2-3-5-8-13-11-16(12-15-13)14-9-6-4-7-10-14/h4,6-7,9-11,15H,2-3,5,8,12H2,1H3. The van der Waals surface area contributed by atoms with Crippen LogP contribution in [0.5, 0.6) is 0 Å². The zero-order valence-corrected chi connectivity index (χ0v) is 9.95. The number of allylic oxidation sites excluding steroid dienone is 1. The molecule has 0 amide bonds. The van der Waals surface area contributed by atoms with Crippen molar-refractivity contribution in [3.05, 3.63) is 42.2 Å². The molecule has 1 N–H and O–H groups in total. The van der Waals surface area contributed by atoms with Crippen LogP contribution < -0.4 is 10.2 Å². The Morgan fingerprint density at radius 1 is 1.19 bits per heavy atom. The van der Waals surface area contributed by atoms with Crippen molar-refractivity contribution in [2.45, 2.75) is 32.6 Å². The minimum Gasteiger partial charge on any atom is -0.370 e. The van der Waals surface area contributed by atoms with Crippen LogP contribution in [0.3, 0.4) is 0 Å². The highest BCUT2D eigenvalue weighted by Gasteiger charge is 2.11. The van der Waals surface area contributed by atoms with Gasteiger partial charge in [-0.2, -0.15) is 0 Å². The lowest BCUT2D eigenvalue weighted by Crippen LogP contribution is -2.20. The molecule has 1 aliphatic rings. The van der Waals surface area contributed by atoms with E-state index < -0.39 is 0 Å². The summed E-state index contributed by atoms with van der Waals surface area (Å²) in [6.45, 7) is 3.15. The van der Waals surface area contributed by atoms with Crippen molar-refractivity contribution in [3.63, 3.8) is 0 Å². The summed E-state index contributed by atoms with van der Waals surface area (Å²) in [6, 6.07) is 10.5. The van der Waals surface area contributed by atoms with E-state index in [4.69, 9.17) is 0 Å². The Morgan fingerprint density at radius 2 is 2.00 bits per heavy atom. The molecule has 2 rings (SSSR count). The molecule has 0 atom stereocenters. The molecule has 0 aromatic heterocycles. The molecule has 2 heteroatoms. The van der Waals surface area contributed by atoms with E-state index >= 15 is 0 Å². The number of unbranched alkanes of at least 4 members (excludes halogenated alkanes) is 2. The van der Waals surface area contributed by atoms with Crippen molar-refractivity contribution in [1.29, 1.82) is 0 Å². The van der Waals surface area contributed by atoms with Crippen LogP contribution in [0.2, 0.25) is 0 Å². The van der Waals surface area contributed by atoms with Gasteiger partial charge < -0.3 is 10.2 Å². The number of nitrogens with zero attached hydrogens (tertiary/aromatic N) is 1. The van der Waals surface area contributed by atoms with Crippen LogP contribution >= 0.6 is 0 Å². The minimum absolute atomic E-state index is 0.908. The van der Waals surface area contributed by atoms with Gasteiger partial charge in [0.2, 0.25) is 0 Å². The zero-order valence-electron chi connectivity index (χ0n) is 9.95. The lowest BCUT2D eigenvalue weighted by Gasteiger charge is -2.13. The summed E-state index contributed by atoms with van der Waals surface area (Å²) >= 11 is 0. The van der Waals surface area contributed by atoms with Gasteiger partial charge in [-0.15, -0.1) is 0 Å². The maximum atomic E-state index is 3.45. The number of rotatable bonds is 5. The number of hydrogen-bond donors (Lipinski definition) is 1. The van der Waals surface area contributed by atoms with Crippen molar-refractivity contribution >= 4 is 5.69 Å². The Labute approximate surface area is 98.0 Å². The zero-order chi connectivity index (χ0) is 11.2. The van der Waals surface area contributed by atoms with Crippen molar-refractivity contribution in [1.82, 2.24) is 5.32 Å². The molecule has 16 heavy (non-hydrogen) atoms. The summed E-state index contributed by atoms with van der Waals surface area (Å²) in [5.74, 6) is 0. The second kappa shape index (κ2) is 5.59. The molecule has 1 heterocycles. The molecule has 86 valence electrons. The Bertz CT molecular complexity index is 343. The molecule has 1 aromatic rings. The highest BCUT2D eigenvalue weighted by molar-refractivity contribution is 5.50. The van der Waals surface area contributed by atoms with Crippen molar-refractivity contribution in [2.75, 3.05) is 11.6 Å². The maximum absolute atomic E-state index is 3.45. The van der Waals surface area contributed by atoms with Gasteiger partial charge in [0.1, 0.15) is 0 Å². The summed E-state index contributed by atoms with van der Waals surface area (Å²) in [5, 5.41) is 3.45. The fraction of sp³-hybridized carbons (Fsp3) is 0.429. The first-order valence-corrected chi connectivity index (χ1v) is 6.16. The SMILES string of the molecule is CCCCCC1=CN(c2ccccc2)CN1. The lowest BCUT2D eigenvalue weighted by molar-refractivity contribution is 0.687. The Hall–Kier alpha value is -1.44. The second-order valence-corrected chi connectivity index (χ2v) is 4.25. The van der Waals surface area contributed by atoms with E-state index in [0.29, 0.717) is 0 Å². The van der Waals surface area contributed by atoms with Crippen molar-refractivity contribution in [2.24, 2.45) is 0 Å². The quantitative estimate of drug-likeness (QED) is 0.758. The predicted octanol–water partition coefficient (Wildman–Crippen LogP) is 3.48. The molecule has 2 nitrogen and oxygen atoms in total. The van der Waals surface area contributed by atoms with Gasteiger partial charge in [-0.05, 0) is 25.0 Å². The fourth-order valence-electron chi connectivity index (χ4n) is 1.97. The minimum atomic E-state index is 0.908. The number of nitrogens with one attached hydrogen (secondary N) is 1. The van der Waals surface area contributed by atoms with Gasteiger partial charge in [-0.3, -0.25) is 0 Å². The lowest BCUT2D eigenvalue weighted by atomic mass is 10.2. The normalized spacial score (nSPS) is 14.8. The average Bonchev–Trinajstić information content (AvgIpc) is 2.79. The largest absolute Gasteiger partial charge is 0.370 e. The molecule has 0 radical (unpaired) electrons. The molecule has 1 aliphatic heterocycles. The Balaban J connectivity index is 1.90. The molecular formula is C14H20N2. The topological polar surface area (TPSA) is 15.3 Å². The van der Waals surface area contributed by atoms with Gasteiger partial charge in [-0.1, -0.05) is 38.0 Å². The van der Waals surface area contributed by atoms with E-state index in [1.165, 1.54) is 37.1 Å². The Morgan fingerprint density at radius 3 is 2.75 bits per heavy atom. The van der Waals surface area contributed by atoms with Crippen molar-refractivity contribution < 1.29 is 0 Å². The van der Waals surface area contributed by atoms with Crippen LogP contribution in [-0.4, -0.2) is 6.67 Å². The Kier molecular flexibility index (Phi) is 3.86. The van der Waals surface area contributed by atoms with Gasteiger partial charge in [0.15, 0.2) is 0 Å². The molecule has 0 saturated heterocycles. The maximum Gasteiger partial charge on any atom is 0.0918 e. The number of benzene rings is 1. The van der Waals surface area contributed by atoms with E-state index in [0.717, 1.165) is 6.67 Å². The number of para-hydroxylation sites is 1. The van der Waals surface area contributed by atoms with Crippen LogP contribution in [0.25, 0.3) is 0 Å². The van der Waals surface area contributed by atoms with Gasteiger partial charge >= 0.3 is 0 Å². The molecule has 1 aromatic carbocycles. The fourth-order valence-corrected chi connectivity index (χ4v) is 1.97. The molecule has 0 unspecified atom stereocenters. The van der Waals surface area contributed by atoms with Crippen LogP contribution in [0.4, 0.5) is 5.69 Å². The first-order chi connectivity index (χ1) is 7.90. The smallest absolute Gasteiger partial charge is 0.0918 e. The van der Waals surface area contributed by atoms with Gasteiger partial charge in [0, 0.05) is 17.6 Å². The van der Waals surface area contributed by atoms with Gasteiger partial charge in [-0.25, -0.2) is 0 Å². The van der Waals surface area contributed by atoms with E-state index in [2.05, 4.69) is 53.7 Å². The summed E-state index contributed by atoms with van der Waals surface area (Å²) < 4.78 is 0. The summed E-state index contributed by atoms with van der Waals surface area (Å²) in [7, 11) is 0. The monoisotopic (exact) mass is 216 g/mol. The van der Waals surface area contributed by atoms with E-state index in [1.807, 2.05) is 0 Å².